The van der Waals surface area contributed by atoms with Gasteiger partial charge < -0.3 is 0 Å². The Hall–Kier alpha value is -0.570. The molecule has 0 saturated carbocycles. The number of nitrogens with one attached hydrogen (secondary N) is 1. The summed E-state index contributed by atoms with van der Waals surface area (Å²) < 4.78 is 0.744. The molecule has 1 amide bonds. The van der Waals surface area contributed by atoms with Crippen LogP contribution in [0.4, 0.5) is 0 Å². The van der Waals surface area contributed by atoms with E-state index in [-0.39, 0.29) is 5.91 Å². The number of hydrogen-bond acceptors (Lipinski definition) is 1. The predicted octanol–water partition coefficient (Wildman–Crippen LogP) is 8.33. The lowest BCUT2D eigenvalue weighted by Gasteiger charge is -2.35. The molecule has 0 fully saturated rings. The van der Waals surface area contributed by atoms with Crippen molar-refractivity contribution < 1.29 is 9.39 Å². The first-order valence-corrected chi connectivity index (χ1v) is 13.8. The minimum atomic E-state index is 0.244. The zero-order chi connectivity index (χ0) is 22.3. The van der Waals surface area contributed by atoms with Crippen molar-refractivity contribution in [2.75, 3.05) is 19.6 Å². The van der Waals surface area contributed by atoms with Crippen LogP contribution in [0.15, 0.2) is 0 Å². The lowest BCUT2D eigenvalue weighted by Crippen LogP contribution is -2.60. The molecule has 0 aromatic heterocycles. The van der Waals surface area contributed by atoms with Gasteiger partial charge in [-0.25, -0.2) is 10.0 Å². The number of hydrogen-bond donors (Lipinski definition) is 1. The van der Waals surface area contributed by atoms with Crippen molar-refractivity contribution in [1.82, 2.24) is 5.43 Å². The number of carbonyl (C=O) groups excluding carboxylic acids is 1. The summed E-state index contributed by atoms with van der Waals surface area (Å²) in [6.07, 6.45) is 25.3. The first-order chi connectivity index (χ1) is 14.6. The van der Waals surface area contributed by atoms with Crippen LogP contribution in [0.25, 0.3) is 0 Å². The van der Waals surface area contributed by atoms with E-state index in [4.69, 9.17) is 0 Å². The molecule has 0 aromatic carbocycles. The van der Waals surface area contributed by atoms with Crippen LogP contribution in [-0.2, 0) is 4.79 Å². The van der Waals surface area contributed by atoms with Gasteiger partial charge in [0.25, 0.3) is 5.91 Å². The van der Waals surface area contributed by atoms with E-state index in [9.17, 15) is 4.79 Å². The molecular formula is C27H57N2O+. The third-order valence-electron chi connectivity index (χ3n) is 6.73. The van der Waals surface area contributed by atoms with E-state index in [1.807, 2.05) is 0 Å². The van der Waals surface area contributed by atoms with E-state index < -0.39 is 0 Å². The molecule has 3 nitrogen and oxygen atoms in total. The van der Waals surface area contributed by atoms with Crippen molar-refractivity contribution in [2.45, 2.75) is 150 Å². The maximum absolute atomic E-state index is 12.3. The molecule has 0 heterocycles. The highest BCUT2D eigenvalue weighted by atomic mass is 16.2. The Bertz CT molecular complexity index is 366. The fourth-order valence-electron chi connectivity index (χ4n) is 4.51. The van der Waals surface area contributed by atoms with E-state index in [0.29, 0.717) is 6.42 Å². The Balaban J connectivity index is 3.39. The van der Waals surface area contributed by atoms with E-state index in [1.54, 1.807) is 0 Å². The molecule has 0 bridgehead atoms. The monoisotopic (exact) mass is 425 g/mol. The highest BCUT2D eigenvalue weighted by molar-refractivity contribution is 5.74. The van der Waals surface area contributed by atoms with Gasteiger partial charge in [-0.15, -0.1) is 0 Å². The summed E-state index contributed by atoms with van der Waals surface area (Å²) >= 11 is 0. The van der Waals surface area contributed by atoms with Gasteiger partial charge in [-0.1, -0.05) is 117 Å². The van der Waals surface area contributed by atoms with Gasteiger partial charge in [0.2, 0.25) is 0 Å². The zero-order valence-electron chi connectivity index (χ0n) is 21.4. The number of amides is 1. The molecule has 0 radical (unpaired) electrons. The quantitative estimate of drug-likeness (QED) is 0.0994. The molecule has 0 rings (SSSR count). The van der Waals surface area contributed by atoms with Crippen LogP contribution in [0.2, 0.25) is 0 Å². The summed E-state index contributed by atoms with van der Waals surface area (Å²) in [6.45, 7) is 11.8. The summed E-state index contributed by atoms with van der Waals surface area (Å²) in [4.78, 5) is 12.3. The molecule has 0 saturated heterocycles. The molecule has 0 aliphatic carbocycles. The smallest absolute Gasteiger partial charge is 0.264 e. The van der Waals surface area contributed by atoms with E-state index in [0.717, 1.165) is 37.1 Å². The predicted molar refractivity (Wildman–Crippen MR) is 133 cm³/mol. The zero-order valence-corrected chi connectivity index (χ0v) is 21.4. The second-order valence-electron chi connectivity index (χ2n) is 9.44. The number of rotatable bonds is 23. The summed E-state index contributed by atoms with van der Waals surface area (Å²) in [5.74, 6) is 0.244. The average molecular weight is 426 g/mol. The molecule has 0 unspecified atom stereocenters. The van der Waals surface area contributed by atoms with Crippen molar-refractivity contribution >= 4 is 5.91 Å². The van der Waals surface area contributed by atoms with Gasteiger partial charge in [0.05, 0.1) is 13.1 Å². The minimum absolute atomic E-state index is 0.244. The number of carbonyl (C=O) groups is 1. The fourth-order valence-corrected chi connectivity index (χ4v) is 4.51. The van der Waals surface area contributed by atoms with Crippen molar-refractivity contribution in [3.8, 4) is 0 Å². The Morgan fingerprint density at radius 2 is 0.900 bits per heavy atom. The number of quaternary nitrogens is 1. The van der Waals surface area contributed by atoms with E-state index >= 15 is 0 Å². The fraction of sp³-hybridized carbons (Fsp3) is 0.963. The third-order valence-corrected chi connectivity index (χ3v) is 6.73. The largest absolute Gasteiger partial charge is 0.270 e. The van der Waals surface area contributed by atoms with Crippen LogP contribution in [-0.4, -0.2) is 30.1 Å². The Labute approximate surface area is 190 Å². The van der Waals surface area contributed by atoms with Gasteiger partial charge in [0.15, 0.2) is 0 Å². The van der Waals surface area contributed by atoms with Crippen molar-refractivity contribution in [1.29, 1.82) is 0 Å². The van der Waals surface area contributed by atoms with Crippen LogP contribution in [0.5, 0.6) is 0 Å². The van der Waals surface area contributed by atoms with Crippen LogP contribution in [0.3, 0.4) is 0 Å². The number of nitrogens with zero attached hydrogens (tertiary/aromatic N) is 1. The average Bonchev–Trinajstić information content (AvgIpc) is 2.75. The van der Waals surface area contributed by atoms with Gasteiger partial charge in [-0.3, -0.25) is 4.79 Å². The molecular weight excluding hydrogens is 368 g/mol. The summed E-state index contributed by atoms with van der Waals surface area (Å²) in [5.41, 5.74) is 3.28. The second kappa shape index (κ2) is 21.7. The molecule has 0 aliphatic rings. The van der Waals surface area contributed by atoms with Gasteiger partial charge in [-0.05, 0) is 26.7 Å². The maximum Gasteiger partial charge on any atom is 0.264 e. The Kier molecular flexibility index (Phi) is 21.2. The van der Waals surface area contributed by atoms with E-state index in [2.05, 4.69) is 33.1 Å². The Morgan fingerprint density at radius 3 is 1.23 bits per heavy atom. The lowest BCUT2D eigenvalue weighted by atomic mass is 10.0. The minimum Gasteiger partial charge on any atom is -0.270 e. The first kappa shape index (κ1) is 29.4. The van der Waals surface area contributed by atoms with Gasteiger partial charge >= 0.3 is 0 Å². The maximum atomic E-state index is 12.3. The second-order valence-corrected chi connectivity index (χ2v) is 9.44. The molecule has 0 aliphatic heterocycles. The lowest BCUT2D eigenvalue weighted by molar-refractivity contribution is -0.958. The first-order valence-electron chi connectivity index (χ1n) is 13.8. The standard InChI is InChI=1S/C27H56N2O/c1-5-9-10-11-12-13-14-15-16-17-18-19-20-21-22-23-24-25-27(30)28-29(7-3,8-4)26-6-2/h5-26H2,1-4H3/p+1. The molecule has 0 atom stereocenters. The highest BCUT2D eigenvalue weighted by Crippen LogP contribution is 2.14. The van der Waals surface area contributed by atoms with Gasteiger partial charge in [-0.2, -0.15) is 0 Å². The molecule has 30 heavy (non-hydrogen) atoms. The van der Waals surface area contributed by atoms with Crippen LogP contribution in [0.1, 0.15) is 150 Å². The van der Waals surface area contributed by atoms with E-state index in [1.165, 1.54) is 103 Å². The third kappa shape index (κ3) is 17.1. The molecule has 3 heteroatoms. The highest BCUT2D eigenvalue weighted by Gasteiger charge is 2.24. The van der Waals surface area contributed by atoms with Gasteiger partial charge in [0, 0.05) is 6.42 Å². The normalized spacial score (nSPS) is 11.7. The molecule has 180 valence electrons. The van der Waals surface area contributed by atoms with Crippen molar-refractivity contribution in [3.05, 3.63) is 0 Å². The molecule has 1 N–H and O–H groups in total. The van der Waals surface area contributed by atoms with Crippen LogP contribution in [0, 0.1) is 0 Å². The summed E-state index contributed by atoms with van der Waals surface area (Å²) in [5, 5.41) is 0. The van der Waals surface area contributed by atoms with Crippen molar-refractivity contribution in [3.63, 3.8) is 0 Å². The van der Waals surface area contributed by atoms with Crippen LogP contribution < -0.4 is 5.43 Å². The molecule has 0 spiro atoms. The summed E-state index contributed by atoms with van der Waals surface area (Å²) in [7, 11) is 0. The topological polar surface area (TPSA) is 29.1 Å². The number of unbranched alkanes of at least 4 members (excludes halogenated alkanes) is 16. The van der Waals surface area contributed by atoms with Crippen LogP contribution >= 0.6 is 0 Å². The van der Waals surface area contributed by atoms with Gasteiger partial charge in [0.1, 0.15) is 6.54 Å². The summed E-state index contributed by atoms with van der Waals surface area (Å²) in [6, 6.07) is 0. The Morgan fingerprint density at radius 1 is 0.533 bits per heavy atom. The van der Waals surface area contributed by atoms with Crippen molar-refractivity contribution in [2.24, 2.45) is 0 Å². The molecule has 0 aromatic rings. The SMILES string of the molecule is CCCCCCCCCCCCCCCCCCCC(=O)N[N+](CC)(CC)CCC.